The van der Waals surface area contributed by atoms with E-state index in [4.69, 9.17) is 5.11 Å². The molecule has 2 fully saturated rings. The number of carbonyl (C=O) groups excluding carboxylic acids is 1. The number of likely N-dealkylation sites (tertiary alicyclic amines) is 1. The standard InChI is InChI=1S/C16H18F2N2O3/c1-15-6-7-20(9-12(15)16(15,17)18)14(23)19-8-10-2-4-11(5-3-10)13(21)22/h2-5,12H,6-9H2,1H3,(H,19,23)(H,21,22). The highest BCUT2D eigenvalue weighted by Crippen LogP contribution is 2.69. The number of aromatic carboxylic acids is 1. The van der Waals surface area contributed by atoms with E-state index in [1.54, 1.807) is 19.1 Å². The number of carboxylic acids is 1. The average Bonchev–Trinajstić information content (AvgIpc) is 2.97. The summed E-state index contributed by atoms with van der Waals surface area (Å²) in [5, 5.41) is 11.5. The van der Waals surface area contributed by atoms with Gasteiger partial charge in [-0.2, -0.15) is 0 Å². The molecule has 1 saturated carbocycles. The SMILES string of the molecule is CC12CCN(C(=O)NCc3ccc(C(=O)O)cc3)CC1C2(F)F. The van der Waals surface area contributed by atoms with E-state index in [-0.39, 0.29) is 24.7 Å². The fourth-order valence-electron chi connectivity index (χ4n) is 3.25. The van der Waals surface area contributed by atoms with Crippen LogP contribution in [-0.4, -0.2) is 41.0 Å². The maximum absolute atomic E-state index is 13.7. The minimum Gasteiger partial charge on any atom is -0.478 e. The summed E-state index contributed by atoms with van der Waals surface area (Å²) in [6.07, 6.45) is 0.311. The Labute approximate surface area is 132 Å². The van der Waals surface area contributed by atoms with Crippen molar-refractivity contribution in [2.45, 2.75) is 25.8 Å². The number of piperidine rings is 1. The first-order valence-electron chi connectivity index (χ1n) is 7.48. The molecule has 2 unspecified atom stereocenters. The molecule has 23 heavy (non-hydrogen) atoms. The summed E-state index contributed by atoms with van der Waals surface area (Å²) in [7, 11) is 0. The number of nitrogens with one attached hydrogen (secondary N) is 1. The first kappa shape index (κ1) is 15.7. The van der Waals surface area contributed by atoms with Crippen LogP contribution in [0.1, 0.15) is 29.3 Å². The smallest absolute Gasteiger partial charge is 0.335 e. The Hall–Kier alpha value is -2.18. The molecule has 2 amide bonds. The van der Waals surface area contributed by atoms with Crippen molar-refractivity contribution >= 4 is 12.0 Å². The molecule has 1 saturated heterocycles. The number of halogens is 2. The number of nitrogens with zero attached hydrogens (tertiary/aromatic N) is 1. The van der Waals surface area contributed by atoms with Gasteiger partial charge in [-0.05, 0) is 24.1 Å². The van der Waals surface area contributed by atoms with E-state index in [9.17, 15) is 18.4 Å². The topological polar surface area (TPSA) is 69.6 Å². The van der Waals surface area contributed by atoms with Crippen LogP contribution in [0.3, 0.4) is 0 Å². The number of hydrogen-bond donors (Lipinski definition) is 2. The van der Waals surface area contributed by atoms with Crippen LogP contribution < -0.4 is 5.32 Å². The van der Waals surface area contributed by atoms with Gasteiger partial charge in [0.15, 0.2) is 0 Å². The van der Waals surface area contributed by atoms with Gasteiger partial charge in [0, 0.05) is 25.0 Å². The van der Waals surface area contributed by atoms with Crippen LogP contribution in [0.25, 0.3) is 0 Å². The number of carbonyl (C=O) groups is 2. The van der Waals surface area contributed by atoms with Gasteiger partial charge >= 0.3 is 12.0 Å². The Kier molecular flexibility index (Phi) is 3.54. The second kappa shape index (κ2) is 5.18. The molecule has 1 aromatic rings. The van der Waals surface area contributed by atoms with Crippen LogP contribution in [0.2, 0.25) is 0 Å². The van der Waals surface area contributed by atoms with E-state index >= 15 is 0 Å². The lowest BCUT2D eigenvalue weighted by Gasteiger charge is -2.28. The maximum Gasteiger partial charge on any atom is 0.335 e. The van der Waals surface area contributed by atoms with Gasteiger partial charge in [-0.1, -0.05) is 19.1 Å². The fraction of sp³-hybridized carbons (Fsp3) is 0.500. The summed E-state index contributed by atoms with van der Waals surface area (Å²) in [6.45, 7) is 2.21. The Bertz CT molecular complexity index is 647. The summed E-state index contributed by atoms with van der Waals surface area (Å²) >= 11 is 0. The van der Waals surface area contributed by atoms with Gasteiger partial charge < -0.3 is 15.3 Å². The summed E-state index contributed by atoms with van der Waals surface area (Å²) in [5.41, 5.74) is -0.0236. The zero-order valence-corrected chi connectivity index (χ0v) is 12.7. The van der Waals surface area contributed by atoms with Crippen molar-refractivity contribution in [2.24, 2.45) is 11.3 Å². The molecule has 1 aliphatic heterocycles. The first-order chi connectivity index (χ1) is 10.8. The van der Waals surface area contributed by atoms with E-state index in [1.165, 1.54) is 17.0 Å². The number of carboxylic acid groups (broad SMARTS) is 1. The Balaban J connectivity index is 1.53. The predicted octanol–water partition coefficient (Wildman–Crippen LogP) is 2.57. The molecule has 0 aromatic heterocycles. The number of alkyl halides is 2. The maximum atomic E-state index is 13.7. The first-order valence-corrected chi connectivity index (χ1v) is 7.48. The van der Waals surface area contributed by atoms with Crippen molar-refractivity contribution in [1.82, 2.24) is 10.2 Å². The van der Waals surface area contributed by atoms with Crippen LogP contribution in [0, 0.1) is 11.3 Å². The zero-order chi connectivity index (χ0) is 16.8. The van der Waals surface area contributed by atoms with Crippen LogP contribution in [0.4, 0.5) is 13.6 Å². The van der Waals surface area contributed by atoms with Crippen molar-refractivity contribution in [3.8, 4) is 0 Å². The van der Waals surface area contributed by atoms with Crippen molar-refractivity contribution in [2.75, 3.05) is 13.1 Å². The Morgan fingerprint density at radius 2 is 2.00 bits per heavy atom. The molecule has 7 heteroatoms. The lowest BCUT2D eigenvalue weighted by atomic mass is 9.98. The molecule has 0 bridgehead atoms. The van der Waals surface area contributed by atoms with Gasteiger partial charge in [0.1, 0.15) is 0 Å². The van der Waals surface area contributed by atoms with Crippen molar-refractivity contribution in [1.29, 1.82) is 0 Å². The summed E-state index contributed by atoms with van der Waals surface area (Å²) in [5.74, 6) is -4.43. The van der Waals surface area contributed by atoms with Crippen molar-refractivity contribution < 1.29 is 23.5 Å². The van der Waals surface area contributed by atoms with Gasteiger partial charge in [-0.15, -0.1) is 0 Å². The number of rotatable bonds is 3. The van der Waals surface area contributed by atoms with E-state index < -0.39 is 23.2 Å². The van der Waals surface area contributed by atoms with E-state index in [0.29, 0.717) is 13.0 Å². The largest absolute Gasteiger partial charge is 0.478 e. The third kappa shape index (κ3) is 2.54. The Morgan fingerprint density at radius 3 is 2.57 bits per heavy atom. The lowest BCUT2D eigenvalue weighted by molar-refractivity contribution is 0.0635. The molecule has 2 atom stereocenters. The highest BCUT2D eigenvalue weighted by Gasteiger charge is 2.78. The lowest BCUT2D eigenvalue weighted by Crippen LogP contribution is -2.44. The molecule has 5 nitrogen and oxygen atoms in total. The van der Waals surface area contributed by atoms with Gasteiger partial charge in [0.25, 0.3) is 5.92 Å². The second-order valence-electron chi connectivity index (χ2n) is 6.45. The summed E-state index contributed by atoms with van der Waals surface area (Å²) in [4.78, 5) is 24.3. The third-order valence-electron chi connectivity index (χ3n) is 5.12. The van der Waals surface area contributed by atoms with Crippen molar-refractivity contribution in [3.63, 3.8) is 0 Å². The highest BCUT2D eigenvalue weighted by molar-refractivity contribution is 5.87. The van der Waals surface area contributed by atoms with Gasteiger partial charge in [0.2, 0.25) is 0 Å². The van der Waals surface area contributed by atoms with Crippen LogP contribution >= 0.6 is 0 Å². The predicted molar refractivity (Wildman–Crippen MR) is 78.4 cm³/mol. The molecule has 0 radical (unpaired) electrons. The average molecular weight is 324 g/mol. The normalized spacial score (nSPS) is 28.0. The minimum atomic E-state index is -2.67. The van der Waals surface area contributed by atoms with Crippen LogP contribution in [0.5, 0.6) is 0 Å². The molecule has 124 valence electrons. The van der Waals surface area contributed by atoms with E-state index in [1.807, 2.05) is 0 Å². The number of fused-ring (bicyclic) bond motifs is 1. The zero-order valence-electron chi connectivity index (χ0n) is 12.7. The van der Waals surface area contributed by atoms with E-state index in [0.717, 1.165) is 5.56 Å². The van der Waals surface area contributed by atoms with Gasteiger partial charge in [0.05, 0.1) is 11.5 Å². The molecule has 1 aliphatic carbocycles. The van der Waals surface area contributed by atoms with Gasteiger partial charge in [-0.25, -0.2) is 18.4 Å². The minimum absolute atomic E-state index is 0.0767. The highest BCUT2D eigenvalue weighted by atomic mass is 19.3. The number of hydrogen-bond acceptors (Lipinski definition) is 2. The van der Waals surface area contributed by atoms with Crippen molar-refractivity contribution in [3.05, 3.63) is 35.4 Å². The fourth-order valence-corrected chi connectivity index (χ4v) is 3.25. The molecule has 2 N–H and O–H groups in total. The summed E-state index contributed by atoms with van der Waals surface area (Å²) < 4.78 is 27.3. The van der Waals surface area contributed by atoms with Gasteiger partial charge in [-0.3, -0.25) is 0 Å². The monoisotopic (exact) mass is 324 g/mol. The molecule has 2 aliphatic rings. The number of amides is 2. The Morgan fingerprint density at radius 1 is 1.35 bits per heavy atom. The molecule has 1 aromatic carbocycles. The summed E-state index contributed by atoms with van der Waals surface area (Å²) in [6, 6.07) is 5.79. The number of urea groups is 1. The molecule has 3 rings (SSSR count). The van der Waals surface area contributed by atoms with Crippen LogP contribution in [0.15, 0.2) is 24.3 Å². The van der Waals surface area contributed by atoms with E-state index in [2.05, 4.69) is 5.32 Å². The second-order valence-corrected chi connectivity index (χ2v) is 6.45. The molecular formula is C16H18F2N2O3. The molecular weight excluding hydrogens is 306 g/mol. The number of benzene rings is 1. The molecule has 1 heterocycles. The molecule has 0 spiro atoms. The van der Waals surface area contributed by atoms with Crippen LogP contribution in [-0.2, 0) is 6.54 Å². The third-order valence-corrected chi connectivity index (χ3v) is 5.12. The quantitative estimate of drug-likeness (QED) is 0.898.